The van der Waals surface area contributed by atoms with Crippen molar-refractivity contribution in [3.63, 3.8) is 0 Å². The van der Waals surface area contributed by atoms with Gasteiger partial charge in [-0.1, -0.05) is 0 Å². The Hall–Kier alpha value is -1.70. The quantitative estimate of drug-likeness (QED) is 0.500. The number of nitrogens with zero attached hydrogens (tertiary/aromatic N) is 2. The van der Waals surface area contributed by atoms with Gasteiger partial charge in [-0.05, 0) is 36.7 Å². The fourth-order valence-electron chi connectivity index (χ4n) is 1.44. The molecule has 0 unspecified atom stereocenters. The molecule has 1 aromatic heterocycles. The van der Waals surface area contributed by atoms with Crippen LogP contribution in [0.25, 0.3) is 0 Å². The molecule has 0 aliphatic carbocycles. The molecule has 110 valence electrons. The van der Waals surface area contributed by atoms with Crippen LogP contribution in [-0.4, -0.2) is 28.0 Å². The Morgan fingerprint density at radius 1 is 1.60 bits per heavy atom. The molecule has 0 fully saturated rings. The number of anilines is 1. The number of hydrogen-bond donors (Lipinski definition) is 1. The van der Waals surface area contributed by atoms with E-state index in [0.29, 0.717) is 10.2 Å². The Labute approximate surface area is 125 Å². The molecule has 0 radical (unpaired) electrons. The number of nitro groups is 1. The van der Waals surface area contributed by atoms with E-state index in [0.717, 1.165) is 0 Å². The predicted molar refractivity (Wildman–Crippen MR) is 77.7 cm³/mol. The van der Waals surface area contributed by atoms with Gasteiger partial charge in [0, 0.05) is 17.5 Å². The van der Waals surface area contributed by atoms with Crippen molar-refractivity contribution >= 4 is 33.4 Å². The molecule has 0 spiro atoms. The van der Waals surface area contributed by atoms with Crippen molar-refractivity contribution in [2.75, 3.05) is 11.9 Å². The lowest BCUT2D eigenvalue weighted by molar-refractivity contribution is -0.384. The molecule has 0 saturated heterocycles. The van der Waals surface area contributed by atoms with Gasteiger partial charge in [-0.25, -0.2) is 4.98 Å². The third kappa shape index (κ3) is 4.44. The van der Waals surface area contributed by atoms with Crippen LogP contribution in [0.1, 0.15) is 26.5 Å². The van der Waals surface area contributed by atoms with Crippen LogP contribution in [0.3, 0.4) is 0 Å². The van der Waals surface area contributed by atoms with Crippen molar-refractivity contribution in [2.45, 2.75) is 33.2 Å². The highest BCUT2D eigenvalue weighted by Crippen LogP contribution is 2.30. The Morgan fingerprint density at radius 3 is 2.70 bits per heavy atom. The van der Waals surface area contributed by atoms with E-state index in [1.165, 1.54) is 13.0 Å². The number of pyridine rings is 1. The summed E-state index contributed by atoms with van der Waals surface area (Å²) < 4.78 is 5.49. The molecule has 0 bridgehead atoms. The predicted octanol–water partition coefficient (Wildman–Crippen LogP) is 2.81. The average Bonchev–Trinajstić information content (AvgIpc) is 2.30. The zero-order valence-corrected chi connectivity index (χ0v) is 13.3. The molecule has 0 atom stereocenters. The van der Waals surface area contributed by atoms with E-state index in [1.54, 1.807) is 20.8 Å². The van der Waals surface area contributed by atoms with Gasteiger partial charge in [0.1, 0.15) is 6.61 Å². The van der Waals surface area contributed by atoms with Crippen LogP contribution in [0.4, 0.5) is 11.5 Å². The van der Waals surface area contributed by atoms with Crippen molar-refractivity contribution in [2.24, 2.45) is 0 Å². The lowest BCUT2D eigenvalue weighted by atomic mass is 10.1. The van der Waals surface area contributed by atoms with Gasteiger partial charge < -0.3 is 10.1 Å². The summed E-state index contributed by atoms with van der Waals surface area (Å²) in [6.45, 7) is 6.65. The molecule has 0 amide bonds. The first kappa shape index (κ1) is 16.4. The van der Waals surface area contributed by atoms with E-state index in [-0.39, 0.29) is 18.1 Å². The van der Waals surface area contributed by atoms with Crippen molar-refractivity contribution < 1.29 is 14.5 Å². The number of carbonyl (C=O) groups is 1. The smallest absolute Gasteiger partial charge is 0.312 e. The van der Waals surface area contributed by atoms with Crippen molar-refractivity contribution in [3.8, 4) is 0 Å². The highest BCUT2D eigenvalue weighted by Gasteiger charge is 2.26. The Morgan fingerprint density at radius 2 is 2.20 bits per heavy atom. The number of carbonyl (C=O) groups excluding carboxylic acids is 1. The van der Waals surface area contributed by atoms with Gasteiger partial charge in [0.05, 0.1) is 16.2 Å². The summed E-state index contributed by atoms with van der Waals surface area (Å²) in [6, 6.07) is 1.40. The molecule has 1 heterocycles. The number of esters is 1. The zero-order chi connectivity index (χ0) is 15.5. The molecule has 1 rings (SSSR count). The van der Waals surface area contributed by atoms with Gasteiger partial charge in [0.15, 0.2) is 0 Å². The van der Waals surface area contributed by atoms with Crippen molar-refractivity contribution in [1.29, 1.82) is 0 Å². The first-order valence-corrected chi connectivity index (χ1v) is 6.65. The molecule has 0 aliphatic heterocycles. The first-order chi connectivity index (χ1) is 9.12. The summed E-state index contributed by atoms with van der Waals surface area (Å²) in [4.78, 5) is 25.5. The molecule has 20 heavy (non-hydrogen) atoms. The zero-order valence-electron chi connectivity index (χ0n) is 11.7. The van der Waals surface area contributed by atoms with Crippen LogP contribution in [0, 0.1) is 17.0 Å². The fourth-order valence-corrected chi connectivity index (χ4v) is 1.75. The average molecular weight is 346 g/mol. The number of ether oxygens (including phenoxy) is 1. The topological polar surface area (TPSA) is 94.4 Å². The minimum atomic E-state index is -0.677. The van der Waals surface area contributed by atoms with E-state index in [1.807, 2.05) is 0 Å². The maximum absolute atomic E-state index is 11.1. The monoisotopic (exact) mass is 345 g/mol. The van der Waals surface area contributed by atoms with Gasteiger partial charge in [-0.3, -0.25) is 14.9 Å². The van der Waals surface area contributed by atoms with Crippen LogP contribution >= 0.6 is 15.9 Å². The third-order valence-electron chi connectivity index (χ3n) is 2.42. The summed E-state index contributed by atoms with van der Waals surface area (Å²) >= 11 is 3.21. The standard InChI is InChI=1S/C12H16BrN3O4/c1-7-9(13)5-10(16(18)19)11(14-7)15-12(3,4)6-20-8(2)17/h5H,6H2,1-4H3,(H,14,15). The largest absolute Gasteiger partial charge is 0.463 e. The van der Waals surface area contributed by atoms with E-state index in [9.17, 15) is 14.9 Å². The second kappa shape index (κ2) is 6.17. The lowest BCUT2D eigenvalue weighted by Crippen LogP contribution is -2.37. The summed E-state index contributed by atoms with van der Waals surface area (Å²) in [5.41, 5.74) is -0.191. The molecule has 1 aromatic rings. The highest BCUT2D eigenvalue weighted by molar-refractivity contribution is 9.10. The molecule has 8 heteroatoms. The molecule has 7 nitrogen and oxygen atoms in total. The minimum Gasteiger partial charge on any atom is -0.463 e. The molecular weight excluding hydrogens is 330 g/mol. The molecule has 0 saturated carbocycles. The Balaban J connectivity index is 3.04. The highest BCUT2D eigenvalue weighted by atomic mass is 79.9. The van der Waals surface area contributed by atoms with Crippen LogP contribution < -0.4 is 5.32 Å². The molecule has 1 N–H and O–H groups in total. The Kier molecular flexibility index (Phi) is 5.04. The van der Waals surface area contributed by atoms with E-state index in [4.69, 9.17) is 4.74 Å². The lowest BCUT2D eigenvalue weighted by Gasteiger charge is -2.26. The fraction of sp³-hybridized carbons (Fsp3) is 0.500. The third-order valence-corrected chi connectivity index (χ3v) is 3.22. The number of aromatic nitrogens is 1. The Bertz CT molecular complexity index is 546. The normalized spacial score (nSPS) is 11.1. The maximum atomic E-state index is 11.1. The summed E-state index contributed by atoms with van der Waals surface area (Å²) in [6.07, 6.45) is 0. The molecule has 0 aliphatic rings. The van der Waals surface area contributed by atoms with Crippen LogP contribution in [0.15, 0.2) is 10.5 Å². The number of rotatable bonds is 5. The molecule has 0 aromatic carbocycles. The number of hydrogen-bond acceptors (Lipinski definition) is 6. The van der Waals surface area contributed by atoms with Crippen LogP contribution in [0.5, 0.6) is 0 Å². The summed E-state index contributed by atoms with van der Waals surface area (Å²) in [5.74, 6) is -0.262. The van der Waals surface area contributed by atoms with Gasteiger partial charge in [0.2, 0.25) is 5.82 Å². The first-order valence-electron chi connectivity index (χ1n) is 5.85. The second-order valence-corrected chi connectivity index (χ2v) is 5.82. The van der Waals surface area contributed by atoms with Gasteiger partial charge in [-0.2, -0.15) is 0 Å². The number of aryl methyl sites for hydroxylation is 1. The van der Waals surface area contributed by atoms with Gasteiger partial charge in [-0.15, -0.1) is 0 Å². The van der Waals surface area contributed by atoms with Gasteiger partial charge >= 0.3 is 11.7 Å². The van der Waals surface area contributed by atoms with E-state index in [2.05, 4.69) is 26.2 Å². The summed E-state index contributed by atoms with van der Waals surface area (Å²) in [5, 5.41) is 14.0. The minimum absolute atomic E-state index is 0.0796. The number of halogens is 1. The van der Waals surface area contributed by atoms with Crippen LogP contribution in [0.2, 0.25) is 0 Å². The summed E-state index contributed by atoms with van der Waals surface area (Å²) in [7, 11) is 0. The van der Waals surface area contributed by atoms with Crippen molar-refractivity contribution in [3.05, 3.63) is 26.3 Å². The SMILES string of the molecule is CC(=O)OCC(C)(C)Nc1nc(C)c(Br)cc1[N+](=O)[O-]. The van der Waals surface area contributed by atoms with Gasteiger partial charge in [0.25, 0.3) is 0 Å². The number of nitrogens with one attached hydrogen (secondary N) is 1. The van der Waals surface area contributed by atoms with E-state index < -0.39 is 16.4 Å². The molecular formula is C12H16BrN3O4. The second-order valence-electron chi connectivity index (χ2n) is 4.97. The van der Waals surface area contributed by atoms with E-state index >= 15 is 0 Å². The van der Waals surface area contributed by atoms with Crippen molar-refractivity contribution in [1.82, 2.24) is 4.98 Å². The maximum Gasteiger partial charge on any atom is 0.312 e. The van der Waals surface area contributed by atoms with Crippen LogP contribution in [-0.2, 0) is 9.53 Å².